The van der Waals surface area contributed by atoms with Gasteiger partial charge in [0.2, 0.25) is 0 Å². The van der Waals surface area contributed by atoms with Gasteiger partial charge >= 0.3 is 0 Å². The zero-order valence-corrected chi connectivity index (χ0v) is 15.9. The van der Waals surface area contributed by atoms with Crippen LogP contribution in [0.3, 0.4) is 0 Å². The summed E-state index contributed by atoms with van der Waals surface area (Å²) < 4.78 is 11.5. The molecule has 0 amide bonds. The van der Waals surface area contributed by atoms with Crippen LogP contribution in [0.25, 0.3) is 22.3 Å². The van der Waals surface area contributed by atoms with E-state index in [0.29, 0.717) is 45.4 Å². The number of H-pyrrole nitrogens is 1. The van der Waals surface area contributed by atoms with Crippen LogP contribution in [-0.4, -0.2) is 17.1 Å². The minimum absolute atomic E-state index is 0.202. The van der Waals surface area contributed by atoms with Crippen molar-refractivity contribution in [2.45, 2.75) is 6.61 Å². The van der Waals surface area contributed by atoms with Crippen molar-refractivity contribution >= 4 is 22.5 Å². The number of ether oxygens (including phenoxy) is 2. The maximum absolute atomic E-state index is 12.5. The molecule has 4 aromatic rings. The zero-order valence-electron chi connectivity index (χ0n) is 15.1. The lowest BCUT2D eigenvalue weighted by atomic mass is 10.1. The van der Waals surface area contributed by atoms with Gasteiger partial charge in [0, 0.05) is 5.02 Å². The van der Waals surface area contributed by atoms with E-state index in [2.05, 4.69) is 9.97 Å². The van der Waals surface area contributed by atoms with Crippen molar-refractivity contribution in [1.82, 2.24) is 9.97 Å². The highest BCUT2D eigenvalue weighted by Gasteiger charge is 2.16. The molecule has 0 fully saturated rings. The van der Waals surface area contributed by atoms with Crippen LogP contribution >= 0.6 is 11.6 Å². The molecule has 4 rings (SSSR count). The number of aromatic nitrogens is 2. The summed E-state index contributed by atoms with van der Waals surface area (Å²) in [6.45, 7) is 0.322. The Bertz CT molecular complexity index is 1190. The predicted octanol–water partition coefficient (Wildman–Crippen LogP) is 4.83. The zero-order chi connectivity index (χ0) is 19.5. The van der Waals surface area contributed by atoms with Crippen molar-refractivity contribution in [1.29, 1.82) is 0 Å². The normalized spacial score (nSPS) is 10.8. The topological polar surface area (TPSA) is 64.2 Å². The number of rotatable bonds is 5. The lowest BCUT2D eigenvalue weighted by molar-refractivity contribution is 0.285. The fourth-order valence-electron chi connectivity index (χ4n) is 2.96. The van der Waals surface area contributed by atoms with Crippen molar-refractivity contribution < 1.29 is 9.47 Å². The maximum atomic E-state index is 12.5. The van der Waals surface area contributed by atoms with Crippen molar-refractivity contribution in [3.05, 3.63) is 87.7 Å². The molecular formula is C22H17ClN2O3. The third-order valence-electron chi connectivity index (χ3n) is 4.36. The molecule has 1 aromatic heterocycles. The van der Waals surface area contributed by atoms with Crippen molar-refractivity contribution in [2.75, 3.05) is 7.11 Å². The molecule has 0 atom stereocenters. The third kappa shape index (κ3) is 3.57. The molecule has 28 heavy (non-hydrogen) atoms. The van der Waals surface area contributed by atoms with E-state index in [9.17, 15) is 4.79 Å². The Morgan fingerprint density at radius 2 is 1.79 bits per heavy atom. The number of fused-ring (bicyclic) bond motifs is 1. The molecule has 0 saturated carbocycles. The van der Waals surface area contributed by atoms with Crippen LogP contribution in [0.4, 0.5) is 0 Å². The predicted molar refractivity (Wildman–Crippen MR) is 110 cm³/mol. The van der Waals surface area contributed by atoms with Crippen molar-refractivity contribution in [3.63, 3.8) is 0 Å². The van der Waals surface area contributed by atoms with Gasteiger partial charge in [-0.25, -0.2) is 4.98 Å². The first-order valence-electron chi connectivity index (χ1n) is 8.69. The average molecular weight is 393 g/mol. The molecule has 1 N–H and O–H groups in total. The van der Waals surface area contributed by atoms with Gasteiger partial charge in [-0.2, -0.15) is 0 Å². The molecular weight excluding hydrogens is 376 g/mol. The average Bonchev–Trinajstić information content (AvgIpc) is 2.73. The van der Waals surface area contributed by atoms with Gasteiger partial charge in [0.25, 0.3) is 5.56 Å². The molecule has 3 aromatic carbocycles. The van der Waals surface area contributed by atoms with Crippen LogP contribution < -0.4 is 15.0 Å². The molecule has 6 heteroatoms. The monoisotopic (exact) mass is 392 g/mol. The number of methoxy groups -OCH3 is 1. The minimum atomic E-state index is -0.202. The number of benzene rings is 3. The Hall–Kier alpha value is -3.31. The second kappa shape index (κ2) is 7.74. The summed E-state index contributed by atoms with van der Waals surface area (Å²) in [4.78, 5) is 19.9. The van der Waals surface area contributed by atoms with Crippen LogP contribution in [0.15, 0.2) is 71.5 Å². The molecule has 5 nitrogen and oxygen atoms in total. The van der Waals surface area contributed by atoms with E-state index in [1.54, 1.807) is 19.2 Å². The first-order chi connectivity index (χ1) is 13.7. The second-order valence-electron chi connectivity index (χ2n) is 6.18. The SMILES string of the molecule is COc1cccc(-c2nc3ccccc3c(=O)[nH]2)c1OCc1ccc(Cl)cc1. The number of aromatic amines is 1. The Morgan fingerprint density at radius 3 is 2.57 bits per heavy atom. The van der Waals surface area contributed by atoms with E-state index in [1.807, 2.05) is 54.6 Å². The molecule has 1 heterocycles. The van der Waals surface area contributed by atoms with Crippen LogP contribution in [0.5, 0.6) is 11.5 Å². The standard InChI is InChI=1S/C22H17ClN2O3/c1-27-19-8-4-6-17(20(19)28-13-14-9-11-15(23)12-10-14)21-24-18-7-3-2-5-16(18)22(26)25-21/h2-12H,13H2,1H3,(H,24,25,26). The fourth-order valence-corrected chi connectivity index (χ4v) is 3.09. The first-order valence-corrected chi connectivity index (χ1v) is 9.07. The van der Waals surface area contributed by atoms with E-state index in [4.69, 9.17) is 21.1 Å². The molecule has 0 aliphatic rings. The van der Waals surface area contributed by atoms with Gasteiger partial charge in [0.05, 0.1) is 23.6 Å². The third-order valence-corrected chi connectivity index (χ3v) is 4.62. The second-order valence-corrected chi connectivity index (χ2v) is 6.62. The van der Waals surface area contributed by atoms with Gasteiger partial charge in [-0.15, -0.1) is 0 Å². The van der Waals surface area contributed by atoms with Crippen molar-refractivity contribution in [3.8, 4) is 22.9 Å². The molecule has 0 spiro atoms. The summed E-state index contributed by atoms with van der Waals surface area (Å²) in [7, 11) is 1.57. The molecule has 0 bridgehead atoms. The van der Waals surface area contributed by atoms with Gasteiger partial charge in [0.1, 0.15) is 12.4 Å². The van der Waals surface area contributed by atoms with Gasteiger partial charge in [-0.05, 0) is 42.0 Å². The maximum Gasteiger partial charge on any atom is 0.259 e. The van der Waals surface area contributed by atoms with Gasteiger partial charge < -0.3 is 14.5 Å². The molecule has 0 radical (unpaired) electrons. The van der Waals surface area contributed by atoms with Gasteiger partial charge in [0.15, 0.2) is 11.5 Å². The lowest BCUT2D eigenvalue weighted by Crippen LogP contribution is -2.10. The fraction of sp³-hybridized carbons (Fsp3) is 0.0909. The Balaban J connectivity index is 1.77. The number of para-hydroxylation sites is 2. The summed E-state index contributed by atoms with van der Waals surface area (Å²) >= 11 is 5.94. The molecule has 140 valence electrons. The highest BCUT2D eigenvalue weighted by atomic mass is 35.5. The number of hydrogen-bond donors (Lipinski definition) is 1. The number of hydrogen-bond acceptors (Lipinski definition) is 4. The largest absolute Gasteiger partial charge is 0.493 e. The van der Waals surface area contributed by atoms with E-state index in [0.717, 1.165) is 5.56 Å². The highest BCUT2D eigenvalue weighted by Crippen LogP contribution is 2.37. The van der Waals surface area contributed by atoms with Gasteiger partial charge in [-0.1, -0.05) is 41.9 Å². The Labute approximate surface area is 166 Å². The smallest absolute Gasteiger partial charge is 0.259 e. The number of halogens is 1. The number of nitrogens with one attached hydrogen (secondary N) is 1. The quantitative estimate of drug-likeness (QED) is 0.528. The van der Waals surface area contributed by atoms with Crippen LogP contribution in [0, 0.1) is 0 Å². The van der Waals surface area contributed by atoms with Gasteiger partial charge in [-0.3, -0.25) is 4.79 Å². The molecule has 0 unspecified atom stereocenters. The Kier molecular flexibility index (Phi) is 5.00. The summed E-state index contributed by atoms with van der Waals surface area (Å²) in [5.41, 5.74) is 2.03. The van der Waals surface area contributed by atoms with E-state index in [1.165, 1.54) is 0 Å². The van der Waals surface area contributed by atoms with E-state index < -0.39 is 0 Å². The minimum Gasteiger partial charge on any atom is -0.493 e. The highest BCUT2D eigenvalue weighted by molar-refractivity contribution is 6.30. The van der Waals surface area contributed by atoms with E-state index in [-0.39, 0.29) is 5.56 Å². The molecule has 0 aliphatic heterocycles. The summed E-state index contributed by atoms with van der Waals surface area (Å²) in [5, 5.41) is 1.21. The van der Waals surface area contributed by atoms with Crippen molar-refractivity contribution in [2.24, 2.45) is 0 Å². The summed E-state index contributed by atoms with van der Waals surface area (Å²) in [6.07, 6.45) is 0. The molecule has 0 saturated heterocycles. The van der Waals surface area contributed by atoms with Crippen LogP contribution in [0.1, 0.15) is 5.56 Å². The first kappa shape index (κ1) is 18.1. The van der Waals surface area contributed by atoms with Crippen LogP contribution in [0.2, 0.25) is 5.02 Å². The summed E-state index contributed by atoms with van der Waals surface area (Å²) in [6, 6.07) is 20.1. The number of nitrogens with zero attached hydrogens (tertiary/aromatic N) is 1. The van der Waals surface area contributed by atoms with Crippen LogP contribution in [-0.2, 0) is 6.61 Å². The Morgan fingerprint density at radius 1 is 1.00 bits per heavy atom. The lowest BCUT2D eigenvalue weighted by Gasteiger charge is -2.15. The summed E-state index contributed by atoms with van der Waals surface area (Å²) in [5.74, 6) is 1.49. The van der Waals surface area contributed by atoms with E-state index >= 15 is 0 Å². The molecule has 0 aliphatic carbocycles.